The number of aryl methyl sites for hydroxylation is 2. The number of benzene rings is 3. The number of hydrogen-bond donors (Lipinski definition) is 1. The Kier molecular flexibility index (Phi) is 8.72. The average molecular weight is 626 g/mol. The monoisotopic (exact) mass is 625 g/mol. The normalized spacial score (nSPS) is 22.6. The van der Waals surface area contributed by atoms with Crippen LogP contribution in [0.15, 0.2) is 83.8 Å². The van der Waals surface area contributed by atoms with Gasteiger partial charge in [-0.15, -0.1) is 0 Å². The lowest BCUT2D eigenvalue weighted by Gasteiger charge is -2.45. The molecular formula is C37H43N3O4S. The number of nitrogens with zero attached hydrogens (tertiary/aromatic N) is 2. The third-order valence-electron chi connectivity index (χ3n) is 9.01. The van der Waals surface area contributed by atoms with Crippen LogP contribution in [-0.2, 0) is 21.4 Å². The lowest BCUT2D eigenvalue weighted by Crippen LogP contribution is -2.40. The minimum Gasteiger partial charge on any atom is -0.477 e. The zero-order valence-corrected chi connectivity index (χ0v) is 27.6. The summed E-state index contributed by atoms with van der Waals surface area (Å²) in [6, 6.07) is 25.5. The van der Waals surface area contributed by atoms with Crippen molar-refractivity contribution < 1.29 is 17.9 Å². The molecule has 2 aliphatic rings. The van der Waals surface area contributed by atoms with Crippen molar-refractivity contribution in [2.75, 3.05) is 11.3 Å². The first-order valence-electron chi connectivity index (χ1n) is 15.8. The number of rotatable bonds is 6. The Labute approximate surface area is 267 Å². The Hall–Kier alpha value is -3.75. The minimum atomic E-state index is -3.96. The first-order chi connectivity index (χ1) is 21.4. The van der Waals surface area contributed by atoms with Crippen molar-refractivity contribution in [1.82, 2.24) is 9.97 Å². The van der Waals surface area contributed by atoms with E-state index in [4.69, 9.17) is 9.47 Å². The van der Waals surface area contributed by atoms with Gasteiger partial charge in [0.2, 0.25) is 11.8 Å². The number of ether oxygens (including phenoxy) is 2. The van der Waals surface area contributed by atoms with Gasteiger partial charge in [0.25, 0.3) is 10.0 Å². The van der Waals surface area contributed by atoms with Crippen LogP contribution < -0.4 is 9.46 Å². The molecule has 2 heterocycles. The number of aromatic nitrogens is 2. The standard InChI is InChI=1S/C37H43N3O4S/c1-24-11-9-12-25(2)34(24)32-20-33-39-36(38-32)40-45(41,42)31-16-10-15-27(19-31)35(29(23-44-33)21-37(3,4)5)28-17-30(18-28)43-22-26-13-7-6-8-14-26/h6-16,19-20,28-30,35H,17-18,21-23H2,1-5H3,(H,38,39,40)/t28?,29-,30?,35?/m1/s1. The Morgan fingerprint density at radius 3 is 2.33 bits per heavy atom. The van der Waals surface area contributed by atoms with Gasteiger partial charge >= 0.3 is 0 Å². The zero-order chi connectivity index (χ0) is 31.8. The molecule has 0 radical (unpaired) electrons. The number of sulfonamides is 1. The van der Waals surface area contributed by atoms with Crippen LogP contribution in [0.2, 0.25) is 0 Å². The predicted octanol–water partition coefficient (Wildman–Crippen LogP) is 8.09. The van der Waals surface area contributed by atoms with Crippen molar-refractivity contribution in [1.29, 1.82) is 0 Å². The van der Waals surface area contributed by atoms with Crippen LogP contribution in [0.3, 0.4) is 0 Å². The molecule has 6 rings (SSSR count). The number of nitrogens with one attached hydrogen (secondary N) is 1. The first kappa shape index (κ1) is 31.2. The number of fused-ring (bicyclic) bond motifs is 4. The van der Waals surface area contributed by atoms with Crippen molar-refractivity contribution >= 4 is 16.0 Å². The molecule has 1 aromatic heterocycles. The highest BCUT2D eigenvalue weighted by atomic mass is 32.2. The topological polar surface area (TPSA) is 90.4 Å². The fourth-order valence-corrected chi connectivity index (χ4v) is 7.98. The Morgan fingerprint density at radius 1 is 0.911 bits per heavy atom. The second-order valence-electron chi connectivity index (χ2n) is 13.9. The Balaban J connectivity index is 1.37. The van der Waals surface area contributed by atoms with Crippen molar-refractivity contribution in [3.8, 4) is 17.1 Å². The van der Waals surface area contributed by atoms with Crippen LogP contribution in [0.4, 0.5) is 5.95 Å². The summed E-state index contributed by atoms with van der Waals surface area (Å²) < 4.78 is 43.0. The smallest absolute Gasteiger partial charge is 0.264 e. The van der Waals surface area contributed by atoms with Gasteiger partial charge in [-0.3, -0.25) is 0 Å². The summed E-state index contributed by atoms with van der Waals surface area (Å²) in [6.07, 6.45) is 2.91. The number of anilines is 1. The van der Waals surface area contributed by atoms with Gasteiger partial charge < -0.3 is 9.47 Å². The van der Waals surface area contributed by atoms with Crippen molar-refractivity contribution in [3.05, 3.63) is 101 Å². The van der Waals surface area contributed by atoms with E-state index in [9.17, 15) is 8.42 Å². The highest BCUT2D eigenvalue weighted by Gasteiger charge is 2.42. The molecule has 0 spiro atoms. The quantitative estimate of drug-likeness (QED) is 0.233. The van der Waals surface area contributed by atoms with Gasteiger partial charge in [-0.05, 0) is 84.7 Å². The molecule has 7 nitrogen and oxygen atoms in total. The first-order valence-corrected chi connectivity index (χ1v) is 17.3. The fraction of sp³-hybridized carbons (Fsp3) is 0.405. The van der Waals surface area contributed by atoms with E-state index < -0.39 is 10.0 Å². The molecule has 4 aromatic rings. The van der Waals surface area contributed by atoms with E-state index in [1.54, 1.807) is 6.07 Å². The van der Waals surface area contributed by atoms with Gasteiger partial charge in [-0.2, -0.15) is 4.98 Å². The number of hydrogen-bond acceptors (Lipinski definition) is 6. The summed E-state index contributed by atoms with van der Waals surface area (Å²) in [6.45, 7) is 11.8. The molecule has 3 aromatic carbocycles. The molecule has 1 aliphatic carbocycles. The maximum atomic E-state index is 13.8. The van der Waals surface area contributed by atoms with Crippen LogP contribution in [0.25, 0.3) is 11.3 Å². The highest BCUT2D eigenvalue weighted by Crippen LogP contribution is 2.48. The molecule has 0 amide bonds. The van der Waals surface area contributed by atoms with Gasteiger partial charge in [0.1, 0.15) is 0 Å². The molecule has 2 atom stereocenters. The molecule has 45 heavy (non-hydrogen) atoms. The van der Waals surface area contributed by atoms with E-state index in [1.807, 2.05) is 68.4 Å². The largest absolute Gasteiger partial charge is 0.477 e. The van der Waals surface area contributed by atoms with Crippen molar-refractivity contribution in [2.24, 2.45) is 17.3 Å². The lowest BCUT2D eigenvalue weighted by atomic mass is 9.64. The molecule has 1 N–H and O–H groups in total. The van der Waals surface area contributed by atoms with E-state index in [1.165, 1.54) is 5.56 Å². The molecule has 4 bridgehead atoms. The Morgan fingerprint density at radius 2 is 1.62 bits per heavy atom. The van der Waals surface area contributed by atoms with E-state index >= 15 is 0 Å². The maximum absolute atomic E-state index is 13.8. The zero-order valence-electron chi connectivity index (χ0n) is 26.8. The predicted molar refractivity (Wildman–Crippen MR) is 178 cm³/mol. The van der Waals surface area contributed by atoms with Gasteiger partial charge in [0.15, 0.2) is 0 Å². The van der Waals surface area contributed by atoms with E-state index in [0.717, 1.165) is 41.5 Å². The van der Waals surface area contributed by atoms with E-state index in [0.29, 0.717) is 30.7 Å². The van der Waals surface area contributed by atoms with Crippen LogP contribution in [0.5, 0.6) is 5.88 Å². The van der Waals surface area contributed by atoms with Gasteiger partial charge in [0, 0.05) is 17.5 Å². The lowest BCUT2D eigenvalue weighted by molar-refractivity contribution is -0.0562. The summed E-state index contributed by atoms with van der Waals surface area (Å²) in [5.74, 6) is 0.909. The molecule has 1 unspecified atom stereocenters. The van der Waals surface area contributed by atoms with Crippen molar-refractivity contribution in [2.45, 2.75) is 77.4 Å². The molecule has 0 saturated heterocycles. The molecule has 1 aliphatic heterocycles. The second-order valence-corrected chi connectivity index (χ2v) is 15.6. The third-order valence-corrected chi connectivity index (χ3v) is 10.3. The third kappa shape index (κ3) is 7.23. The van der Waals surface area contributed by atoms with Gasteiger partial charge in [0.05, 0.1) is 29.9 Å². The van der Waals surface area contributed by atoms with Crippen LogP contribution >= 0.6 is 0 Å². The van der Waals surface area contributed by atoms with Crippen LogP contribution in [0, 0.1) is 31.1 Å². The summed E-state index contributed by atoms with van der Waals surface area (Å²) in [4.78, 5) is 9.41. The van der Waals surface area contributed by atoms with Gasteiger partial charge in [-0.25, -0.2) is 18.1 Å². The summed E-state index contributed by atoms with van der Waals surface area (Å²) in [5, 5.41) is 0. The van der Waals surface area contributed by atoms with E-state index in [-0.39, 0.29) is 34.2 Å². The van der Waals surface area contributed by atoms with Gasteiger partial charge in [-0.1, -0.05) is 81.4 Å². The minimum absolute atomic E-state index is 0.00236. The van der Waals surface area contributed by atoms with Crippen LogP contribution in [0.1, 0.15) is 68.2 Å². The summed E-state index contributed by atoms with van der Waals surface area (Å²) in [7, 11) is -3.96. The molecular weight excluding hydrogens is 582 g/mol. The summed E-state index contributed by atoms with van der Waals surface area (Å²) in [5.41, 5.74) is 5.87. The Bertz CT molecular complexity index is 1740. The van der Waals surface area contributed by atoms with E-state index in [2.05, 4.69) is 53.7 Å². The second kappa shape index (κ2) is 12.6. The molecule has 1 saturated carbocycles. The molecule has 236 valence electrons. The molecule has 1 fully saturated rings. The average Bonchev–Trinajstić information content (AvgIpc) is 2.96. The van der Waals surface area contributed by atoms with Crippen LogP contribution in [-0.4, -0.2) is 31.1 Å². The highest BCUT2D eigenvalue weighted by molar-refractivity contribution is 7.92. The summed E-state index contributed by atoms with van der Waals surface area (Å²) >= 11 is 0. The maximum Gasteiger partial charge on any atom is 0.264 e. The van der Waals surface area contributed by atoms with Crippen molar-refractivity contribution in [3.63, 3.8) is 0 Å². The molecule has 8 heteroatoms. The SMILES string of the molecule is Cc1cccc(C)c1-c1cc2nc(n1)NS(=O)(=O)c1cccc(c1)C(C1CC(OCc3ccccc3)C1)[C@H](CC(C)(C)C)CO2. The fourth-order valence-electron chi connectivity index (χ4n) is 6.98.